The zero-order valence-electron chi connectivity index (χ0n) is 13.5. The van der Waals surface area contributed by atoms with E-state index in [2.05, 4.69) is 5.32 Å². The molecule has 1 unspecified atom stereocenters. The molecular formula is C19H19NO3. The van der Waals surface area contributed by atoms with E-state index >= 15 is 0 Å². The molecule has 1 aliphatic rings. The summed E-state index contributed by atoms with van der Waals surface area (Å²) in [4.78, 5) is 23.5. The molecule has 3 rings (SSSR count). The summed E-state index contributed by atoms with van der Waals surface area (Å²) < 4.78 is 6.06. The summed E-state index contributed by atoms with van der Waals surface area (Å²) in [7, 11) is 0. The summed E-state index contributed by atoms with van der Waals surface area (Å²) in [5.74, 6) is 0.663. The number of aryl methyl sites for hydroxylation is 2. The molecule has 0 saturated heterocycles. The van der Waals surface area contributed by atoms with Crippen molar-refractivity contribution in [2.24, 2.45) is 0 Å². The second kappa shape index (κ2) is 5.88. The molecule has 2 aromatic rings. The van der Waals surface area contributed by atoms with Crippen LogP contribution >= 0.6 is 0 Å². The van der Waals surface area contributed by atoms with Crippen LogP contribution in [0.3, 0.4) is 0 Å². The maximum Gasteiger partial charge on any atom is 0.221 e. The van der Waals surface area contributed by atoms with Gasteiger partial charge in [0.1, 0.15) is 11.9 Å². The fraction of sp³-hybridized carbons (Fsp3) is 0.263. The van der Waals surface area contributed by atoms with Crippen LogP contribution in [0.15, 0.2) is 36.4 Å². The minimum absolute atomic E-state index is 0.110. The Morgan fingerprint density at radius 3 is 2.52 bits per heavy atom. The Morgan fingerprint density at radius 1 is 1.17 bits per heavy atom. The second-order valence-corrected chi connectivity index (χ2v) is 5.99. The van der Waals surface area contributed by atoms with Gasteiger partial charge in [-0.05, 0) is 48.7 Å². The quantitative estimate of drug-likeness (QED) is 0.913. The van der Waals surface area contributed by atoms with Crippen molar-refractivity contribution >= 4 is 17.4 Å². The number of anilines is 1. The molecule has 1 N–H and O–H groups in total. The topological polar surface area (TPSA) is 55.4 Å². The van der Waals surface area contributed by atoms with E-state index in [1.807, 2.05) is 50.2 Å². The van der Waals surface area contributed by atoms with Gasteiger partial charge in [-0.1, -0.05) is 18.2 Å². The Hall–Kier alpha value is -2.62. The lowest BCUT2D eigenvalue weighted by Gasteiger charge is -2.27. The summed E-state index contributed by atoms with van der Waals surface area (Å²) in [5.41, 5.74) is 4.40. The van der Waals surface area contributed by atoms with E-state index in [0.717, 1.165) is 22.4 Å². The smallest absolute Gasteiger partial charge is 0.221 e. The van der Waals surface area contributed by atoms with Crippen molar-refractivity contribution < 1.29 is 14.3 Å². The third-order valence-electron chi connectivity index (χ3n) is 3.97. The van der Waals surface area contributed by atoms with Crippen LogP contribution in [0.25, 0.3) is 0 Å². The summed E-state index contributed by atoms with van der Waals surface area (Å²) in [6.45, 7) is 5.40. The van der Waals surface area contributed by atoms with Gasteiger partial charge in [0.05, 0.1) is 12.0 Å². The van der Waals surface area contributed by atoms with Gasteiger partial charge in [0.2, 0.25) is 5.91 Å². The van der Waals surface area contributed by atoms with Crippen molar-refractivity contribution in [2.45, 2.75) is 33.3 Å². The highest BCUT2D eigenvalue weighted by Gasteiger charge is 2.29. The van der Waals surface area contributed by atoms with Crippen molar-refractivity contribution in [1.29, 1.82) is 0 Å². The van der Waals surface area contributed by atoms with E-state index < -0.39 is 0 Å². The van der Waals surface area contributed by atoms with Crippen molar-refractivity contribution in [1.82, 2.24) is 0 Å². The highest BCUT2D eigenvalue weighted by Crippen LogP contribution is 2.37. The number of Topliss-reactive ketones (excluding diaryl/α,β-unsaturated/α-hetero) is 1. The molecule has 0 bridgehead atoms. The first-order valence-corrected chi connectivity index (χ1v) is 7.62. The van der Waals surface area contributed by atoms with E-state index in [-0.39, 0.29) is 17.8 Å². The molecule has 1 heterocycles. The molecule has 4 nitrogen and oxygen atoms in total. The number of nitrogens with one attached hydrogen (secondary N) is 1. The summed E-state index contributed by atoms with van der Waals surface area (Å²) in [6, 6.07) is 11.3. The van der Waals surface area contributed by atoms with Crippen LogP contribution in [0.1, 0.15) is 46.5 Å². The zero-order valence-corrected chi connectivity index (χ0v) is 13.5. The largest absolute Gasteiger partial charge is 0.484 e. The van der Waals surface area contributed by atoms with Crippen molar-refractivity contribution in [3.8, 4) is 5.75 Å². The number of ketones is 1. The first-order chi connectivity index (χ1) is 10.9. The summed E-state index contributed by atoms with van der Waals surface area (Å²) in [5, 5.41) is 2.73. The summed E-state index contributed by atoms with van der Waals surface area (Å²) >= 11 is 0. The first-order valence-electron chi connectivity index (χ1n) is 7.62. The van der Waals surface area contributed by atoms with Crippen LogP contribution in [0, 0.1) is 13.8 Å². The molecule has 1 atom stereocenters. The number of hydrogen-bond donors (Lipinski definition) is 1. The standard InChI is InChI=1S/C19H19NO3/c1-11-8-12(2)19-16(22)10-17(23-18(19)9-11)14-4-6-15(7-5-14)20-13(3)21/h4-9,17H,10H2,1-3H3,(H,20,21). The molecule has 0 saturated carbocycles. The van der Waals surface area contributed by atoms with Crippen LogP contribution in [-0.2, 0) is 4.79 Å². The number of rotatable bonds is 2. The number of fused-ring (bicyclic) bond motifs is 1. The maximum atomic E-state index is 12.5. The lowest BCUT2D eigenvalue weighted by Crippen LogP contribution is -2.21. The average molecular weight is 309 g/mol. The normalized spacial score (nSPS) is 16.5. The monoisotopic (exact) mass is 309 g/mol. The van der Waals surface area contributed by atoms with Crippen LogP contribution in [0.5, 0.6) is 5.75 Å². The number of hydrogen-bond acceptors (Lipinski definition) is 3. The Labute approximate surface area is 135 Å². The van der Waals surface area contributed by atoms with Gasteiger partial charge in [-0.25, -0.2) is 0 Å². The Morgan fingerprint density at radius 2 is 1.87 bits per heavy atom. The van der Waals surface area contributed by atoms with Crippen molar-refractivity contribution in [2.75, 3.05) is 5.32 Å². The highest BCUT2D eigenvalue weighted by molar-refractivity contribution is 6.01. The highest BCUT2D eigenvalue weighted by atomic mass is 16.5. The molecule has 23 heavy (non-hydrogen) atoms. The number of ether oxygens (including phenoxy) is 1. The Kier molecular flexibility index (Phi) is 3.90. The van der Waals surface area contributed by atoms with Crippen LogP contribution in [-0.4, -0.2) is 11.7 Å². The van der Waals surface area contributed by atoms with E-state index in [4.69, 9.17) is 4.74 Å². The average Bonchev–Trinajstić information content (AvgIpc) is 2.46. The van der Waals surface area contributed by atoms with Gasteiger partial charge in [0.15, 0.2) is 5.78 Å². The molecule has 0 aromatic heterocycles. The molecule has 118 valence electrons. The molecular weight excluding hydrogens is 290 g/mol. The predicted molar refractivity (Wildman–Crippen MR) is 89.0 cm³/mol. The number of carbonyl (C=O) groups is 2. The Balaban J connectivity index is 1.88. The van der Waals surface area contributed by atoms with Crippen molar-refractivity contribution in [3.63, 3.8) is 0 Å². The molecule has 0 spiro atoms. The van der Waals surface area contributed by atoms with Gasteiger partial charge in [0.25, 0.3) is 0 Å². The van der Waals surface area contributed by atoms with Gasteiger partial charge in [-0.2, -0.15) is 0 Å². The van der Waals surface area contributed by atoms with Gasteiger partial charge < -0.3 is 10.1 Å². The van der Waals surface area contributed by atoms with Crippen molar-refractivity contribution in [3.05, 3.63) is 58.7 Å². The molecule has 2 aromatic carbocycles. The lowest BCUT2D eigenvalue weighted by atomic mass is 9.92. The number of amides is 1. The molecule has 1 aliphatic heterocycles. The van der Waals surface area contributed by atoms with Gasteiger partial charge in [-0.15, -0.1) is 0 Å². The second-order valence-electron chi connectivity index (χ2n) is 5.99. The van der Waals surface area contributed by atoms with Gasteiger partial charge in [-0.3, -0.25) is 9.59 Å². The van der Waals surface area contributed by atoms with Crippen LogP contribution in [0.4, 0.5) is 5.69 Å². The SMILES string of the molecule is CC(=O)Nc1ccc(C2CC(=O)c3c(C)cc(C)cc3O2)cc1. The van der Waals surface area contributed by atoms with Gasteiger partial charge >= 0.3 is 0 Å². The lowest BCUT2D eigenvalue weighted by molar-refractivity contribution is -0.114. The van der Waals surface area contributed by atoms with Gasteiger partial charge in [0, 0.05) is 12.6 Å². The number of carbonyl (C=O) groups excluding carboxylic acids is 2. The first kappa shape index (κ1) is 15.3. The fourth-order valence-corrected chi connectivity index (χ4v) is 3.01. The minimum atomic E-state index is -0.289. The zero-order chi connectivity index (χ0) is 16.6. The predicted octanol–water partition coefficient (Wildman–Crippen LogP) is 3.97. The van der Waals surface area contributed by atoms with E-state index in [1.54, 1.807) is 0 Å². The molecule has 0 radical (unpaired) electrons. The Bertz CT molecular complexity index is 778. The molecule has 4 heteroatoms. The molecule has 0 aliphatic carbocycles. The fourth-order valence-electron chi connectivity index (χ4n) is 3.01. The van der Waals surface area contributed by atoms with E-state index in [9.17, 15) is 9.59 Å². The molecule has 0 fully saturated rings. The van der Waals surface area contributed by atoms with E-state index in [0.29, 0.717) is 17.7 Å². The number of benzene rings is 2. The van der Waals surface area contributed by atoms with Crippen LogP contribution in [0.2, 0.25) is 0 Å². The maximum absolute atomic E-state index is 12.5. The van der Waals surface area contributed by atoms with Crippen LogP contribution < -0.4 is 10.1 Å². The minimum Gasteiger partial charge on any atom is -0.484 e. The van der Waals surface area contributed by atoms with E-state index in [1.165, 1.54) is 6.92 Å². The summed E-state index contributed by atoms with van der Waals surface area (Å²) in [6.07, 6.45) is 0.0405. The molecule has 1 amide bonds. The third kappa shape index (κ3) is 3.11. The third-order valence-corrected chi connectivity index (χ3v) is 3.97.